The SMILES string of the molecule is CCCCCCNC1CCN(CCc2ccccc2)C1. The van der Waals surface area contributed by atoms with Crippen molar-refractivity contribution in [2.24, 2.45) is 0 Å². The lowest BCUT2D eigenvalue weighted by Gasteiger charge is -2.16. The molecule has 112 valence electrons. The molecule has 1 atom stereocenters. The van der Waals surface area contributed by atoms with Crippen molar-refractivity contribution >= 4 is 0 Å². The minimum Gasteiger partial charge on any atom is -0.313 e. The summed E-state index contributed by atoms with van der Waals surface area (Å²) >= 11 is 0. The van der Waals surface area contributed by atoms with Gasteiger partial charge in [-0.25, -0.2) is 0 Å². The second-order valence-corrected chi connectivity index (χ2v) is 6.04. The summed E-state index contributed by atoms with van der Waals surface area (Å²) < 4.78 is 0. The molecule has 1 aliphatic heterocycles. The number of unbranched alkanes of at least 4 members (excludes halogenated alkanes) is 3. The molecule has 1 heterocycles. The van der Waals surface area contributed by atoms with Gasteiger partial charge in [0.15, 0.2) is 0 Å². The lowest BCUT2D eigenvalue weighted by Crippen LogP contribution is -2.33. The summed E-state index contributed by atoms with van der Waals surface area (Å²) in [6.07, 6.45) is 7.95. The van der Waals surface area contributed by atoms with Crippen LogP contribution in [0.2, 0.25) is 0 Å². The molecule has 1 unspecified atom stereocenters. The highest BCUT2D eigenvalue weighted by Crippen LogP contribution is 2.11. The van der Waals surface area contributed by atoms with E-state index in [4.69, 9.17) is 0 Å². The monoisotopic (exact) mass is 274 g/mol. The van der Waals surface area contributed by atoms with Crippen LogP contribution in [0.1, 0.15) is 44.6 Å². The van der Waals surface area contributed by atoms with E-state index in [-0.39, 0.29) is 0 Å². The molecule has 1 aromatic carbocycles. The smallest absolute Gasteiger partial charge is 0.0207 e. The molecule has 1 N–H and O–H groups in total. The summed E-state index contributed by atoms with van der Waals surface area (Å²) in [6, 6.07) is 11.6. The molecule has 0 saturated carbocycles. The van der Waals surface area contributed by atoms with Crippen molar-refractivity contribution in [2.75, 3.05) is 26.2 Å². The molecule has 1 saturated heterocycles. The van der Waals surface area contributed by atoms with Gasteiger partial charge in [-0.15, -0.1) is 0 Å². The van der Waals surface area contributed by atoms with Crippen molar-refractivity contribution in [1.82, 2.24) is 10.2 Å². The van der Waals surface area contributed by atoms with Gasteiger partial charge in [0.2, 0.25) is 0 Å². The van der Waals surface area contributed by atoms with Gasteiger partial charge in [0, 0.05) is 19.1 Å². The maximum Gasteiger partial charge on any atom is 0.0207 e. The van der Waals surface area contributed by atoms with Crippen molar-refractivity contribution in [1.29, 1.82) is 0 Å². The second kappa shape index (κ2) is 9.15. The molecule has 0 bridgehead atoms. The fourth-order valence-corrected chi connectivity index (χ4v) is 2.99. The number of likely N-dealkylation sites (tertiary alicyclic amines) is 1. The summed E-state index contributed by atoms with van der Waals surface area (Å²) in [6.45, 7) is 7.18. The van der Waals surface area contributed by atoms with E-state index in [1.165, 1.54) is 70.3 Å². The van der Waals surface area contributed by atoms with Gasteiger partial charge in [0.25, 0.3) is 0 Å². The summed E-state index contributed by atoms with van der Waals surface area (Å²) in [7, 11) is 0. The molecule has 2 rings (SSSR count). The molecule has 1 fully saturated rings. The largest absolute Gasteiger partial charge is 0.313 e. The highest BCUT2D eigenvalue weighted by molar-refractivity contribution is 5.14. The van der Waals surface area contributed by atoms with Crippen LogP contribution in [0.15, 0.2) is 30.3 Å². The normalized spacial score (nSPS) is 19.6. The van der Waals surface area contributed by atoms with Crippen LogP contribution in [0.5, 0.6) is 0 Å². The lowest BCUT2D eigenvalue weighted by atomic mass is 10.1. The highest BCUT2D eigenvalue weighted by atomic mass is 15.2. The van der Waals surface area contributed by atoms with E-state index in [0.29, 0.717) is 0 Å². The maximum absolute atomic E-state index is 3.73. The van der Waals surface area contributed by atoms with E-state index in [0.717, 1.165) is 6.04 Å². The van der Waals surface area contributed by atoms with Crippen LogP contribution in [-0.4, -0.2) is 37.1 Å². The average Bonchev–Trinajstić information content (AvgIpc) is 2.94. The third kappa shape index (κ3) is 5.64. The fraction of sp³-hybridized carbons (Fsp3) is 0.667. The molecule has 1 aromatic rings. The summed E-state index contributed by atoms with van der Waals surface area (Å²) in [5, 5.41) is 3.73. The van der Waals surface area contributed by atoms with Crippen molar-refractivity contribution < 1.29 is 0 Å². The summed E-state index contributed by atoms with van der Waals surface area (Å²) in [4.78, 5) is 2.61. The van der Waals surface area contributed by atoms with Crippen LogP contribution in [0.3, 0.4) is 0 Å². The van der Waals surface area contributed by atoms with Crippen molar-refractivity contribution in [2.45, 2.75) is 51.5 Å². The van der Waals surface area contributed by atoms with Crippen LogP contribution in [-0.2, 0) is 6.42 Å². The zero-order chi connectivity index (χ0) is 14.0. The lowest BCUT2D eigenvalue weighted by molar-refractivity contribution is 0.331. The Bertz CT molecular complexity index is 350. The van der Waals surface area contributed by atoms with Crippen molar-refractivity contribution in [3.63, 3.8) is 0 Å². The van der Waals surface area contributed by atoms with Crippen molar-refractivity contribution in [3.8, 4) is 0 Å². The predicted octanol–water partition coefficient (Wildman–Crippen LogP) is 3.47. The standard InChI is InChI=1S/C18H30N2/c1-2-3-4-8-13-19-18-12-15-20(16-18)14-11-17-9-6-5-7-10-17/h5-7,9-10,18-19H,2-4,8,11-16H2,1H3. The topological polar surface area (TPSA) is 15.3 Å². The third-order valence-corrected chi connectivity index (χ3v) is 4.30. The number of rotatable bonds is 9. The highest BCUT2D eigenvalue weighted by Gasteiger charge is 2.21. The Morgan fingerprint density at radius 1 is 1.15 bits per heavy atom. The second-order valence-electron chi connectivity index (χ2n) is 6.04. The first-order valence-electron chi connectivity index (χ1n) is 8.38. The van der Waals surface area contributed by atoms with E-state index < -0.39 is 0 Å². The first-order valence-corrected chi connectivity index (χ1v) is 8.38. The molecule has 0 spiro atoms. The Balaban J connectivity index is 1.56. The number of hydrogen-bond acceptors (Lipinski definition) is 2. The number of nitrogens with one attached hydrogen (secondary N) is 1. The van der Waals surface area contributed by atoms with E-state index in [1.54, 1.807) is 0 Å². The van der Waals surface area contributed by atoms with Gasteiger partial charge in [0.1, 0.15) is 0 Å². The molecule has 0 aromatic heterocycles. The van der Waals surface area contributed by atoms with Gasteiger partial charge in [-0.3, -0.25) is 0 Å². The van der Waals surface area contributed by atoms with Crippen LogP contribution in [0, 0.1) is 0 Å². The van der Waals surface area contributed by atoms with Gasteiger partial charge in [-0.2, -0.15) is 0 Å². The average molecular weight is 274 g/mol. The minimum absolute atomic E-state index is 0.729. The van der Waals surface area contributed by atoms with Gasteiger partial charge >= 0.3 is 0 Å². The summed E-state index contributed by atoms with van der Waals surface area (Å²) in [5.74, 6) is 0. The minimum atomic E-state index is 0.729. The van der Waals surface area contributed by atoms with E-state index in [2.05, 4.69) is 47.5 Å². The Morgan fingerprint density at radius 3 is 2.80 bits per heavy atom. The van der Waals surface area contributed by atoms with Crippen molar-refractivity contribution in [3.05, 3.63) is 35.9 Å². The van der Waals surface area contributed by atoms with Gasteiger partial charge in [0.05, 0.1) is 0 Å². The zero-order valence-corrected chi connectivity index (χ0v) is 13.0. The molecule has 1 aliphatic rings. The molecule has 0 radical (unpaired) electrons. The first-order chi connectivity index (χ1) is 9.88. The molecular formula is C18H30N2. The Labute approximate surface area is 124 Å². The summed E-state index contributed by atoms with van der Waals surface area (Å²) in [5.41, 5.74) is 1.46. The molecular weight excluding hydrogens is 244 g/mol. The Kier molecular flexibility index (Phi) is 7.10. The molecule has 2 heteroatoms. The Hall–Kier alpha value is -0.860. The van der Waals surface area contributed by atoms with Crippen LogP contribution >= 0.6 is 0 Å². The van der Waals surface area contributed by atoms with Gasteiger partial charge in [-0.05, 0) is 37.9 Å². The van der Waals surface area contributed by atoms with E-state index in [1.807, 2.05) is 0 Å². The quantitative estimate of drug-likeness (QED) is 0.694. The molecule has 0 aliphatic carbocycles. The molecule has 0 amide bonds. The number of benzene rings is 1. The fourth-order valence-electron chi connectivity index (χ4n) is 2.99. The first kappa shape index (κ1) is 15.5. The van der Waals surface area contributed by atoms with Crippen LogP contribution < -0.4 is 5.32 Å². The van der Waals surface area contributed by atoms with E-state index >= 15 is 0 Å². The van der Waals surface area contributed by atoms with Gasteiger partial charge in [-0.1, -0.05) is 56.5 Å². The zero-order valence-electron chi connectivity index (χ0n) is 13.0. The van der Waals surface area contributed by atoms with Gasteiger partial charge < -0.3 is 10.2 Å². The van der Waals surface area contributed by atoms with Crippen LogP contribution in [0.25, 0.3) is 0 Å². The molecule has 20 heavy (non-hydrogen) atoms. The Morgan fingerprint density at radius 2 is 2.00 bits per heavy atom. The predicted molar refractivity (Wildman–Crippen MR) is 87.1 cm³/mol. The molecule has 2 nitrogen and oxygen atoms in total. The third-order valence-electron chi connectivity index (χ3n) is 4.30. The number of hydrogen-bond donors (Lipinski definition) is 1. The maximum atomic E-state index is 3.73. The van der Waals surface area contributed by atoms with E-state index in [9.17, 15) is 0 Å². The van der Waals surface area contributed by atoms with Crippen LogP contribution in [0.4, 0.5) is 0 Å². The number of nitrogens with zero attached hydrogens (tertiary/aromatic N) is 1.